The van der Waals surface area contributed by atoms with Gasteiger partial charge in [-0.2, -0.15) is 22.0 Å². The Balaban J connectivity index is 3.11. The van der Waals surface area contributed by atoms with E-state index in [0.29, 0.717) is 9.75 Å². The van der Waals surface area contributed by atoms with E-state index in [1.165, 1.54) is 24.3 Å². The van der Waals surface area contributed by atoms with Gasteiger partial charge in [-0.05, 0) is 25.5 Å². The predicted molar refractivity (Wildman–Crippen MR) is 56.5 cm³/mol. The molecule has 0 amide bonds. The summed E-state index contributed by atoms with van der Waals surface area (Å²) in [6, 6.07) is 1.35. The predicted octanol–water partition coefficient (Wildman–Crippen LogP) is 5.00. The molecule has 1 aromatic rings. The molecule has 0 radical (unpaired) electrons. The van der Waals surface area contributed by atoms with Crippen LogP contribution < -0.4 is 0 Å². The van der Waals surface area contributed by atoms with E-state index in [9.17, 15) is 22.0 Å². The minimum absolute atomic E-state index is 0.00942. The molecule has 0 N–H and O–H groups in total. The quantitative estimate of drug-likeness (QED) is 0.531. The highest BCUT2D eigenvalue weighted by Gasteiger charge is 2.62. The molecule has 92 valence electrons. The lowest BCUT2D eigenvalue weighted by molar-refractivity contribution is -0.281. The lowest BCUT2D eigenvalue weighted by Gasteiger charge is -2.24. The fourth-order valence-electron chi connectivity index (χ4n) is 1.24. The van der Waals surface area contributed by atoms with Gasteiger partial charge in [0.25, 0.3) is 0 Å². The summed E-state index contributed by atoms with van der Waals surface area (Å²) in [5.41, 5.74) is -0.00942. The zero-order valence-corrected chi connectivity index (χ0v) is 10.7. The number of halogens is 6. The molecule has 1 aromatic heterocycles. The second kappa shape index (κ2) is 4.25. The number of hydrogen-bond donors (Lipinski definition) is 0. The molecule has 1 rings (SSSR count). The third kappa shape index (κ3) is 2.40. The molecule has 16 heavy (non-hydrogen) atoms. The molecule has 0 spiro atoms. The number of alkyl halides is 6. The zero-order valence-electron chi connectivity index (χ0n) is 8.33. The largest absolute Gasteiger partial charge is 0.454 e. The number of rotatable bonds is 2. The summed E-state index contributed by atoms with van der Waals surface area (Å²) >= 11 is 3.64. The first-order valence-electron chi connectivity index (χ1n) is 4.23. The summed E-state index contributed by atoms with van der Waals surface area (Å²) in [4.78, 5) is -0.872. The molecular weight excluding hydrogens is 315 g/mol. The molecule has 0 saturated heterocycles. The first kappa shape index (κ1) is 13.9. The van der Waals surface area contributed by atoms with Crippen molar-refractivity contribution in [3.63, 3.8) is 0 Å². The molecular formula is C9H8BrF5S. The number of aryl methyl sites for hydroxylation is 2. The highest BCUT2D eigenvalue weighted by molar-refractivity contribution is 9.09. The Hall–Kier alpha value is -0.170. The molecule has 0 nitrogen and oxygen atoms in total. The van der Waals surface area contributed by atoms with Crippen molar-refractivity contribution in [3.05, 3.63) is 21.4 Å². The van der Waals surface area contributed by atoms with Gasteiger partial charge in [-0.3, -0.25) is 0 Å². The van der Waals surface area contributed by atoms with Crippen molar-refractivity contribution < 1.29 is 22.0 Å². The van der Waals surface area contributed by atoms with E-state index in [-0.39, 0.29) is 5.56 Å². The average molecular weight is 323 g/mol. The fraction of sp³-hybridized carbons (Fsp3) is 0.556. The van der Waals surface area contributed by atoms with Gasteiger partial charge in [0.2, 0.25) is 0 Å². The molecule has 0 bridgehead atoms. The Labute approximate surface area is 102 Å². The lowest BCUT2D eigenvalue weighted by Crippen LogP contribution is -2.40. The van der Waals surface area contributed by atoms with E-state index < -0.39 is 16.9 Å². The lowest BCUT2D eigenvalue weighted by atomic mass is 10.1. The summed E-state index contributed by atoms with van der Waals surface area (Å²) < 4.78 is 62.5. The highest BCUT2D eigenvalue weighted by Crippen LogP contribution is 2.50. The molecule has 0 aliphatic rings. The topological polar surface area (TPSA) is 0 Å². The minimum Gasteiger partial charge on any atom is -0.195 e. The molecule has 7 heteroatoms. The molecule has 0 aromatic carbocycles. The summed E-state index contributed by atoms with van der Waals surface area (Å²) in [5.74, 6) is -4.77. The Morgan fingerprint density at radius 1 is 1.19 bits per heavy atom. The Morgan fingerprint density at radius 2 is 1.69 bits per heavy atom. The smallest absolute Gasteiger partial charge is 0.195 e. The van der Waals surface area contributed by atoms with Crippen LogP contribution in [0, 0.1) is 13.8 Å². The fourth-order valence-corrected chi connectivity index (χ4v) is 3.09. The van der Waals surface area contributed by atoms with Gasteiger partial charge in [-0.25, -0.2) is 0 Å². The molecule has 0 saturated carbocycles. The Morgan fingerprint density at radius 3 is 2.00 bits per heavy atom. The summed E-state index contributed by atoms with van der Waals surface area (Å²) in [6.45, 7) is 3.18. The first-order chi connectivity index (χ1) is 7.07. The van der Waals surface area contributed by atoms with Gasteiger partial charge in [-0.15, -0.1) is 11.3 Å². The van der Waals surface area contributed by atoms with Gasteiger partial charge < -0.3 is 0 Å². The second-order valence-corrected chi connectivity index (χ2v) is 5.73. The zero-order chi connectivity index (χ0) is 12.7. The van der Waals surface area contributed by atoms with Crippen LogP contribution in [0.25, 0.3) is 0 Å². The second-order valence-electron chi connectivity index (χ2n) is 3.35. The van der Waals surface area contributed by atoms with Crippen molar-refractivity contribution in [2.75, 3.05) is 0 Å². The van der Waals surface area contributed by atoms with Crippen LogP contribution in [0.3, 0.4) is 0 Å². The maximum atomic E-state index is 13.0. The third-order valence-corrected chi connectivity index (χ3v) is 4.10. The van der Waals surface area contributed by atoms with Crippen molar-refractivity contribution in [1.29, 1.82) is 0 Å². The van der Waals surface area contributed by atoms with Crippen molar-refractivity contribution in [3.8, 4) is 0 Å². The van der Waals surface area contributed by atoms with Crippen LogP contribution in [-0.2, 0) is 0 Å². The van der Waals surface area contributed by atoms with E-state index in [0.717, 1.165) is 0 Å². The maximum Gasteiger partial charge on any atom is 0.454 e. The molecule has 1 atom stereocenters. The molecule has 1 heterocycles. The summed E-state index contributed by atoms with van der Waals surface area (Å²) in [5, 5.41) is 0. The number of thiophene rings is 1. The van der Waals surface area contributed by atoms with Crippen molar-refractivity contribution in [2.24, 2.45) is 0 Å². The van der Waals surface area contributed by atoms with E-state index in [1.807, 2.05) is 0 Å². The molecule has 0 aliphatic carbocycles. The SMILES string of the molecule is Cc1cc(C(Br)C(F)(F)C(F)(F)F)c(C)s1. The molecule has 0 aliphatic heterocycles. The van der Waals surface area contributed by atoms with E-state index >= 15 is 0 Å². The van der Waals surface area contributed by atoms with Crippen molar-refractivity contribution >= 4 is 27.3 Å². The van der Waals surface area contributed by atoms with Crippen LogP contribution in [0.4, 0.5) is 22.0 Å². The van der Waals surface area contributed by atoms with Gasteiger partial charge in [0, 0.05) is 9.75 Å². The van der Waals surface area contributed by atoms with Crippen LogP contribution in [-0.4, -0.2) is 12.1 Å². The summed E-state index contributed by atoms with van der Waals surface area (Å²) in [7, 11) is 0. The van der Waals surface area contributed by atoms with Crippen LogP contribution in [0.5, 0.6) is 0 Å². The highest BCUT2D eigenvalue weighted by atomic mass is 79.9. The number of hydrogen-bond acceptors (Lipinski definition) is 1. The average Bonchev–Trinajstić information content (AvgIpc) is 2.41. The first-order valence-corrected chi connectivity index (χ1v) is 5.96. The minimum atomic E-state index is -5.55. The van der Waals surface area contributed by atoms with E-state index in [4.69, 9.17) is 0 Å². The third-order valence-electron chi connectivity index (χ3n) is 2.05. The van der Waals surface area contributed by atoms with Crippen LogP contribution in [0.15, 0.2) is 6.07 Å². The Kier molecular flexibility index (Phi) is 3.69. The standard InChI is InChI=1S/C9H8BrF5S/c1-4-3-6(5(2)16-4)7(10)8(11,12)9(13,14)15/h3,7H,1-2H3. The van der Waals surface area contributed by atoms with E-state index in [1.54, 1.807) is 6.92 Å². The van der Waals surface area contributed by atoms with Crippen LogP contribution in [0.1, 0.15) is 20.1 Å². The van der Waals surface area contributed by atoms with Gasteiger partial charge in [0.05, 0.1) is 0 Å². The van der Waals surface area contributed by atoms with Crippen LogP contribution >= 0.6 is 27.3 Å². The normalized spacial score (nSPS) is 15.2. The van der Waals surface area contributed by atoms with Crippen molar-refractivity contribution in [1.82, 2.24) is 0 Å². The summed E-state index contributed by atoms with van der Waals surface area (Å²) in [6.07, 6.45) is -5.55. The maximum absolute atomic E-state index is 13.0. The molecule has 0 fully saturated rings. The van der Waals surface area contributed by atoms with Gasteiger partial charge in [0.1, 0.15) is 4.83 Å². The van der Waals surface area contributed by atoms with E-state index in [2.05, 4.69) is 15.9 Å². The van der Waals surface area contributed by atoms with Gasteiger partial charge >= 0.3 is 12.1 Å². The van der Waals surface area contributed by atoms with Crippen LogP contribution in [0.2, 0.25) is 0 Å². The monoisotopic (exact) mass is 322 g/mol. The van der Waals surface area contributed by atoms with Gasteiger partial charge in [0.15, 0.2) is 0 Å². The molecule has 1 unspecified atom stereocenters. The van der Waals surface area contributed by atoms with Crippen molar-refractivity contribution in [2.45, 2.75) is 30.8 Å². The van der Waals surface area contributed by atoms with Gasteiger partial charge in [-0.1, -0.05) is 15.9 Å². The Bertz CT molecular complexity index is 382.